The van der Waals surface area contributed by atoms with Crippen molar-refractivity contribution in [3.05, 3.63) is 60.6 Å². The van der Waals surface area contributed by atoms with Crippen LogP contribution in [0.3, 0.4) is 0 Å². The number of pyridine rings is 1. The molecule has 1 N–H and O–H groups in total. The third-order valence-corrected chi connectivity index (χ3v) is 2.81. The van der Waals surface area contributed by atoms with E-state index in [1.165, 1.54) is 12.3 Å². The number of aromatic nitrogens is 1. The number of methoxy groups -OCH3 is 2. The first-order valence-corrected chi connectivity index (χ1v) is 6.34. The molecular weight excluding hydrogens is 268 g/mol. The van der Waals surface area contributed by atoms with E-state index < -0.39 is 0 Å². The van der Waals surface area contributed by atoms with E-state index in [2.05, 4.69) is 10.3 Å². The molecule has 0 aliphatic heterocycles. The number of carbonyl (C=O) groups is 1. The molecule has 0 saturated carbocycles. The van der Waals surface area contributed by atoms with Crippen LogP contribution >= 0.6 is 0 Å². The Hall–Kier alpha value is -2.82. The summed E-state index contributed by atoms with van der Waals surface area (Å²) < 4.78 is 10.4. The summed E-state index contributed by atoms with van der Waals surface area (Å²) in [5.41, 5.74) is 1.34. The standard InChI is InChI=1S/C16H16N2O3/c1-20-15-6-5-13(10-16(15)21-2)18-9-7-14(19)12-4-3-8-17-11-12/h3-11,18H,1-2H3/b9-7-. The molecule has 0 fully saturated rings. The number of benzene rings is 1. The first-order valence-electron chi connectivity index (χ1n) is 6.34. The molecule has 21 heavy (non-hydrogen) atoms. The van der Waals surface area contributed by atoms with E-state index in [4.69, 9.17) is 9.47 Å². The van der Waals surface area contributed by atoms with Crippen molar-refractivity contribution in [3.63, 3.8) is 0 Å². The lowest BCUT2D eigenvalue weighted by molar-refractivity contribution is 0.104. The smallest absolute Gasteiger partial charge is 0.188 e. The molecule has 5 heteroatoms. The van der Waals surface area contributed by atoms with Gasteiger partial charge < -0.3 is 14.8 Å². The molecule has 1 aromatic carbocycles. The monoisotopic (exact) mass is 284 g/mol. The maximum absolute atomic E-state index is 11.8. The first kappa shape index (κ1) is 14.6. The second-order valence-electron chi connectivity index (χ2n) is 4.15. The van der Waals surface area contributed by atoms with Crippen LogP contribution in [0.5, 0.6) is 11.5 Å². The van der Waals surface area contributed by atoms with Crippen molar-refractivity contribution in [2.75, 3.05) is 19.5 Å². The van der Waals surface area contributed by atoms with Crippen LogP contribution in [-0.2, 0) is 0 Å². The Morgan fingerprint density at radius 3 is 2.67 bits per heavy atom. The minimum Gasteiger partial charge on any atom is -0.493 e. The number of rotatable bonds is 6. The van der Waals surface area contributed by atoms with E-state index in [0.717, 1.165) is 5.69 Å². The van der Waals surface area contributed by atoms with Gasteiger partial charge in [0.1, 0.15) is 0 Å². The van der Waals surface area contributed by atoms with Crippen molar-refractivity contribution in [1.29, 1.82) is 0 Å². The number of ether oxygens (including phenoxy) is 2. The lowest BCUT2D eigenvalue weighted by atomic mass is 10.2. The Kier molecular flexibility index (Phi) is 4.93. The van der Waals surface area contributed by atoms with E-state index in [1.807, 2.05) is 6.07 Å². The molecule has 0 amide bonds. The van der Waals surface area contributed by atoms with Crippen molar-refractivity contribution in [1.82, 2.24) is 4.98 Å². The van der Waals surface area contributed by atoms with Crippen LogP contribution in [0.25, 0.3) is 0 Å². The summed E-state index contributed by atoms with van der Waals surface area (Å²) in [5, 5.41) is 3.01. The summed E-state index contributed by atoms with van der Waals surface area (Å²) >= 11 is 0. The maximum atomic E-state index is 11.8. The number of hydrogen-bond donors (Lipinski definition) is 1. The predicted octanol–water partition coefficient (Wildman–Crippen LogP) is 2.91. The van der Waals surface area contributed by atoms with Gasteiger partial charge in [-0.3, -0.25) is 9.78 Å². The Bertz CT molecular complexity index is 639. The Morgan fingerprint density at radius 1 is 1.19 bits per heavy atom. The predicted molar refractivity (Wildman–Crippen MR) is 80.9 cm³/mol. The molecule has 2 rings (SSSR count). The number of allylic oxidation sites excluding steroid dienone is 1. The van der Waals surface area contributed by atoms with Crippen LogP contribution < -0.4 is 14.8 Å². The molecule has 1 aromatic heterocycles. The number of ketones is 1. The lowest BCUT2D eigenvalue weighted by Crippen LogP contribution is -1.97. The summed E-state index contributed by atoms with van der Waals surface area (Å²) in [6, 6.07) is 8.86. The highest BCUT2D eigenvalue weighted by Gasteiger charge is 2.04. The minimum absolute atomic E-state index is 0.115. The number of carbonyl (C=O) groups excluding carboxylic acids is 1. The topological polar surface area (TPSA) is 60.5 Å². The van der Waals surface area contributed by atoms with Crippen molar-refractivity contribution in [2.24, 2.45) is 0 Å². The largest absolute Gasteiger partial charge is 0.493 e. The molecule has 0 spiro atoms. The Labute approximate surface area is 123 Å². The van der Waals surface area contributed by atoms with Gasteiger partial charge in [0.2, 0.25) is 0 Å². The Balaban J connectivity index is 2.03. The summed E-state index contributed by atoms with van der Waals surface area (Å²) in [7, 11) is 3.15. The van der Waals surface area contributed by atoms with Gasteiger partial charge in [-0.1, -0.05) is 0 Å². The number of nitrogens with zero attached hydrogens (tertiary/aromatic N) is 1. The zero-order chi connectivity index (χ0) is 15.1. The van der Waals surface area contributed by atoms with Crippen molar-refractivity contribution >= 4 is 11.5 Å². The summed E-state index contributed by atoms with van der Waals surface area (Å²) in [6.07, 6.45) is 6.19. The molecule has 1 heterocycles. The zero-order valence-corrected chi connectivity index (χ0v) is 11.9. The summed E-state index contributed by atoms with van der Waals surface area (Å²) in [4.78, 5) is 15.8. The van der Waals surface area contributed by atoms with Crippen LogP contribution in [0, 0.1) is 0 Å². The van der Waals surface area contributed by atoms with Gasteiger partial charge in [0.25, 0.3) is 0 Å². The van der Waals surface area contributed by atoms with Gasteiger partial charge in [-0.15, -0.1) is 0 Å². The van der Waals surface area contributed by atoms with E-state index in [9.17, 15) is 4.79 Å². The van der Waals surface area contributed by atoms with Crippen LogP contribution in [0.1, 0.15) is 10.4 Å². The first-order chi connectivity index (χ1) is 10.2. The second-order valence-corrected chi connectivity index (χ2v) is 4.15. The van der Waals surface area contributed by atoms with Gasteiger partial charge in [0.05, 0.1) is 14.2 Å². The normalized spacial score (nSPS) is 10.4. The summed E-state index contributed by atoms with van der Waals surface area (Å²) in [5.74, 6) is 1.16. The molecule has 0 aliphatic rings. The van der Waals surface area contributed by atoms with Gasteiger partial charge in [-0.2, -0.15) is 0 Å². The molecule has 0 unspecified atom stereocenters. The number of anilines is 1. The van der Waals surface area contributed by atoms with E-state index in [-0.39, 0.29) is 5.78 Å². The number of hydrogen-bond acceptors (Lipinski definition) is 5. The van der Waals surface area contributed by atoms with Crippen molar-refractivity contribution in [2.45, 2.75) is 0 Å². The molecular formula is C16H16N2O3. The van der Waals surface area contributed by atoms with Crippen molar-refractivity contribution < 1.29 is 14.3 Å². The molecule has 0 radical (unpaired) electrons. The van der Waals surface area contributed by atoms with E-state index in [1.54, 1.807) is 50.9 Å². The van der Waals surface area contributed by atoms with Gasteiger partial charge >= 0.3 is 0 Å². The second kappa shape index (κ2) is 7.09. The van der Waals surface area contributed by atoms with Crippen LogP contribution in [0.2, 0.25) is 0 Å². The molecule has 2 aromatic rings. The van der Waals surface area contributed by atoms with Gasteiger partial charge in [-0.05, 0) is 24.3 Å². The molecule has 5 nitrogen and oxygen atoms in total. The lowest BCUT2D eigenvalue weighted by Gasteiger charge is -2.09. The quantitative estimate of drug-likeness (QED) is 0.653. The maximum Gasteiger partial charge on any atom is 0.188 e. The Morgan fingerprint density at radius 2 is 2.00 bits per heavy atom. The zero-order valence-electron chi connectivity index (χ0n) is 11.9. The highest BCUT2D eigenvalue weighted by molar-refractivity contribution is 6.04. The molecule has 0 saturated heterocycles. The highest BCUT2D eigenvalue weighted by atomic mass is 16.5. The molecule has 108 valence electrons. The number of nitrogens with one attached hydrogen (secondary N) is 1. The van der Waals surface area contributed by atoms with Gasteiger partial charge in [0.15, 0.2) is 17.3 Å². The fraction of sp³-hybridized carbons (Fsp3) is 0.125. The van der Waals surface area contributed by atoms with Gasteiger partial charge in [0, 0.05) is 42.0 Å². The third-order valence-electron chi connectivity index (χ3n) is 2.81. The molecule has 0 aliphatic carbocycles. The van der Waals surface area contributed by atoms with E-state index in [0.29, 0.717) is 17.1 Å². The van der Waals surface area contributed by atoms with Crippen LogP contribution in [-0.4, -0.2) is 25.0 Å². The highest BCUT2D eigenvalue weighted by Crippen LogP contribution is 2.29. The third kappa shape index (κ3) is 3.82. The molecule has 0 bridgehead atoms. The van der Waals surface area contributed by atoms with Crippen molar-refractivity contribution in [3.8, 4) is 11.5 Å². The average molecular weight is 284 g/mol. The van der Waals surface area contributed by atoms with E-state index >= 15 is 0 Å². The van der Waals surface area contributed by atoms with Gasteiger partial charge in [-0.25, -0.2) is 0 Å². The summed E-state index contributed by atoms with van der Waals surface area (Å²) in [6.45, 7) is 0. The minimum atomic E-state index is -0.115. The average Bonchev–Trinajstić information content (AvgIpc) is 2.55. The molecule has 0 atom stereocenters. The van der Waals surface area contributed by atoms with Crippen LogP contribution in [0.4, 0.5) is 5.69 Å². The fourth-order valence-corrected chi connectivity index (χ4v) is 1.74. The van der Waals surface area contributed by atoms with Crippen LogP contribution in [0.15, 0.2) is 55.0 Å². The SMILES string of the molecule is COc1ccc(N/C=C\C(=O)c2cccnc2)cc1OC. The fourth-order valence-electron chi connectivity index (χ4n) is 1.74.